The van der Waals surface area contributed by atoms with Crippen molar-refractivity contribution in [1.82, 2.24) is 9.88 Å². The number of furan rings is 1. The lowest BCUT2D eigenvalue weighted by molar-refractivity contribution is -0.137. The largest absolute Gasteiger partial charge is 0.459 e. The molecule has 0 aromatic carbocycles. The first-order valence-corrected chi connectivity index (χ1v) is 13.0. The summed E-state index contributed by atoms with van der Waals surface area (Å²) in [5.74, 6) is -1.13. The number of nitrogens with zero attached hydrogens (tertiary/aromatic N) is 2. The van der Waals surface area contributed by atoms with Crippen molar-refractivity contribution < 1.29 is 33.4 Å². The molecule has 0 bridgehead atoms. The number of ether oxygens (including phenoxy) is 2. The van der Waals surface area contributed by atoms with E-state index in [0.717, 1.165) is 22.4 Å². The third-order valence-electron chi connectivity index (χ3n) is 7.82. The van der Waals surface area contributed by atoms with Crippen LogP contribution in [-0.2, 0) is 25.7 Å². The van der Waals surface area contributed by atoms with Crippen LogP contribution in [0.25, 0.3) is 11.6 Å². The molecule has 2 aliphatic heterocycles. The normalized spacial score (nSPS) is 25.3. The molecule has 3 amide bonds. The molecule has 1 N–H and O–H groups in total. The summed E-state index contributed by atoms with van der Waals surface area (Å²) >= 11 is 0. The molecular weight excluding hydrogens is 488 g/mol. The van der Waals surface area contributed by atoms with Gasteiger partial charge >= 0.3 is 6.09 Å². The molecule has 0 radical (unpaired) electrons. The third kappa shape index (κ3) is 4.61. The molecule has 38 heavy (non-hydrogen) atoms. The average Bonchev–Trinajstić information content (AvgIpc) is 3.62. The van der Waals surface area contributed by atoms with E-state index in [1.807, 2.05) is 30.3 Å². The van der Waals surface area contributed by atoms with Crippen LogP contribution in [0.2, 0.25) is 0 Å². The number of aromatic nitrogens is 1. The monoisotopic (exact) mass is 520 g/mol. The molecule has 4 heterocycles. The van der Waals surface area contributed by atoms with Gasteiger partial charge in [0.15, 0.2) is 0 Å². The Kier molecular flexibility index (Phi) is 7.32. The maximum atomic E-state index is 13.2. The van der Waals surface area contributed by atoms with Crippen molar-refractivity contribution >= 4 is 29.6 Å². The van der Waals surface area contributed by atoms with Crippen LogP contribution in [0.4, 0.5) is 4.79 Å². The number of carbonyl (C=O) groups is 3. The number of fused-ring (bicyclic) bond motifs is 3. The van der Waals surface area contributed by atoms with Gasteiger partial charge in [-0.2, -0.15) is 4.90 Å². The van der Waals surface area contributed by atoms with E-state index in [-0.39, 0.29) is 24.5 Å². The molecule has 2 aromatic rings. The number of aliphatic hydroxyl groups is 1. The van der Waals surface area contributed by atoms with Crippen molar-refractivity contribution in [1.29, 1.82) is 0 Å². The first kappa shape index (κ1) is 26.1. The van der Waals surface area contributed by atoms with Gasteiger partial charge in [0.1, 0.15) is 18.1 Å². The van der Waals surface area contributed by atoms with E-state index >= 15 is 0 Å². The first-order valence-electron chi connectivity index (χ1n) is 13.0. The highest BCUT2D eigenvalue weighted by Crippen LogP contribution is 2.51. The van der Waals surface area contributed by atoms with Gasteiger partial charge in [-0.05, 0) is 66.7 Å². The Balaban J connectivity index is 1.43. The fourth-order valence-electron chi connectivity index (χ4n) is 6.07. The Morgan fingerprint density at radius 2 is 2.03 bits per heavy atom. The Labute approximate surface area is 221 Å². The lowest BCUT2D eigenvalue weighted by Gasteiger charge is -2.33. The summed E-state index contributed by atoms with van der Waals surface area (Å²) in [6.07, 6.45) is 4.24. The Morgan fingerprint density at radius 3 is 2.68 bits per heavy atom. The average molecular weight is 521 g/mol. The van der Waals surface area contributed by atoms with E-state index in [1.165, 1.54) is 7.11 Å². The maximum absolute atomic E-state index is 13.2. The molecule has 0 saturated carbocycles. The van der Waals surface area contributed by atoms with Gasteiger partial charge in [0.05, 0.1) is 37.4 Å². The molecule has 4 atom stereocenters. The molecule has 3 aliphatic rings. The van der Waals surface area contributed by atoms with E-state index < -0.39 is 29.7 Å². The number of amides is 3. The lowest BCUT2D eigenvalue weighted by atomic mass is 9.67. The van der Waals surface area contributed by atoms with E-state index in [0.29, 0.717) is 42.3 Å². The molecule has 2 aromatic heterocycles. The highest BCUT2D eigenvalue weighted by atomic mass is 16.5. The standard InChI is InChI=1S/C29H32N2O7/c1-16(2)20-13-21-26(28(34)31(27(21)33)29(35)36-3)22-15-37-24(25(20)22)10-7-17(23-6-4-5-11-30-23)12-18-8-9-19(14-32)38-18/h4-6,8-9,11-12,16,21-22,24,26,32H,7,10,13-15H2,1-3H3/b17-12-/t21-,22+,24-,26-/m1/s1. The predicted octanol–water partition coefficient (Wildman–Crippen LogP) is 4.23. The van der Waals surface area contributed by atoms with Crippen LogP contribution in [0.5, 0.6) is 0 Å². The summed E-state index contributed by atoms with van der Waals surface area (Å²) in [4.78, 5) is 43.7. The van der Waals surface area contributed by atoms with Crippen molar-refractivity contribution in [2.75, 3.05) is 13.7 Å². The number of pyridine rings is 1. The molecule has 5 rings (SSSR count). The van der Waals surface area contributed by atoms with Crippen molar-refractivity contribution in [3.05, 3.63) is 64.9 Å². The van der Waals surface area contributed by atoms with E-state index in [1.54, 1.807) is 12.3 Å². The number of methoxy groups -OCH3 is 1. The number of hydrogen-bond donors (Lipinski definition) is 1. The number of likely N-dealkylation sites (tertiary alicyclic amines) is 1. The van der Waals surface area contributed by atoms with Crippen molar-refractivity contribution in [2.24, 2.45) is 23.7 Å². The highest BCUT2D eigenvalue weighted by molar-refractivity contribution is 6.16. The van der Waals surface area contributed by atoms with Gasteiger partial charge < -0.3 is 19.0 Å². The molecule has 2 fully saturated rings. The van der Waals surface area contributed by atoms with Crippen LogP contribution >= 0.6 is 0 Å². The van der Waals surface area contributed by atoms with E-state index in [2.05, 4.69) is 18.8 Å². The molecule has 200 valence electrons. The van der Waals surface area contributed by atoms with Crippen LogP contribution in [0, 0.1) is 23.7 Å². The molecule has 0 unspecified atom stereocenters. The van der Waals surface area contributed by atoms with E-state index in [4.69, 9.17) is 13.9 Å². The van der Waals surface area contributed by atoms with Crippen LogP contribution in [-0.4, -0.2) is 52.7 Å². The summed E-state index contributed by atoms with van der Waals surface area (Å²) in [7, 11) is 1.17. The minimum atomic E-state index is -0.926. The van der Waals surface area contributed by atoms with E-state index in [9.17, 15) is 19.5 Å². The number of carbonyl (C=O) groups excluding carboxylic acids is 3. The Bertz CT molecular complexity index is 1290. The van der Waals surface area contributed by atoms with Crippen LogP contribution < -0.4 is 0 Å². The predicted molar refractivity (Wildman–Crippen MR) is 137 cm³/mol. The van der Waals surface area contributed by atoms with Gasteiger partial charge in [0, 0.05) is 12.1 Å². The fourth-order valence-corrected chi connectivity index (χ4v) is 6.07. The molecule has 9 heteroatoms. The minimum Gasteiger partial charge on any atom is -0.459 e. The zero-order valence-electron chi connectivity index (χ0n) is 21.8. The topological polar surface area (TPSA) is 119 Å². The molecular formula is C29H32N2O7. The summed E-state index contributed by atoms with van der Waals surface area (Å²) in [6, 6.07) is 9.28. The summed E-state index contributed by atoms with van der Waals surface area (Å²) in [6.45, 7) is 4.33. The number of imide groups is 3. The summed E-state index contributed by atoms with van der Waals surface area (Å²) in [5, 5.41) is 9.37. The number of rotatable bonds is 7. The molecule has 0 spiro atoms. The van der Waals surface area contributed by atoms with Gasteiger partial charge in [0.25, 0.3) is 0 Å². The van der Waals surface area contributed by atoms with Gasteiger partial charge in [-0.1, -0.05) is 25.5 Å². The van der Waals surface area contributed by atoms with Crippen molar-refractivity contribution in [3.8, 4) is 0 Å². The first-order chi connectivity index (χ1) is 18.3. The summed E-state index contributed by atoms with van der Waals surface area (Å²) < 4.78 is 16.7. The lowest BCUT2D eigenvalue weighted by Crippen LogP contribution is -2.38. The second kappa shape index (κ2) is 10.7. The molecule has 2 saturated heterocycles. The van der Waals surface area contributed by atoms with Crippen LogP contribution in [0.15, 0.2) is 52.1 Å². The second-order valence-corrected chi connectivity index (χ2v) is 10.3. The summed E-state index contributed by atoms with van der Waals surface area (Å²) in [5.41, 5.74) is 4.00. The number of hydrogen-bond acceptors (Lipinski definition) is 8. The fraction of sp³-hybridized carbons (Fsp3) is 0.448. The van der Waals surface area contributed by atoms with Gasteiger partial charge in [-0.25, -0.2) is 4.79 Å². The SMILES string of the molecule is COC(=O)N1C(=O)[C@@H]2[C@@H](CC(C(C)C)=C3[C@@H](CC/C(=C/c4ccc(CO)o4)c4ccccn4)OC[C@@H]32)C1=O. The second-order valence-electron chi connectivity index (χ2n) is 10.3. The van der Waals surface area contributed by atoms with Crippen LogP contribution in [0.3, 0.4) is 0 Å². The zero-order chi connectivity index (χ0) is 27.0. The number of allylic oxidation sites excluding steroid dienone is 2. The maximum Gasteiger partial charge on any atom is 0.423 e. The van der Waals surface area contributed by atoms with Crippen LogP contribution in [0.1, 0.15) is 50.3 Å². The van der Waals surface area contributed by atoms with Crippen molar-refractivity contribution in [3.63, 3.8) is 0 Å². The number of aliphatic hydroxyl groups excluding tert-OH is 1. The van der Waals surface area contributed by atoms with Gasteiger partial charge in [0.2, 0.25) is 11.8 Å². The highest BCUT2D eigenvalue weighted by Gasteiger charge is 2.59. The minimum absolute atomic E-state index is 0.165. The Hall–Kier alpha value is -3.56. The van der Waals surface area contributed by atoms with Crippen molar-refractivity contribution in [2.45, 2.75) is 45.8 Å². The van der Waals surface area contributed by atoms with Gasteiger partial charge in [-0.15, -0.1) is 0 Å². The smallest absolute Gasteiger partial charge is 0.423 e. The molecule has 9 nitrogen and oxygen atoms in total. The van der Waals surface area contributed by atoms with Gasteiger partial charge in [-0.3, -0.25) is 14.6 Å². The molecule has 1 aliphatic carbocycles. The Morgan fingerprint density at radius 1 is 1.21 bits per heavy atom. The third-order valence-corrected chi connectivity index (χ3v) is 7.82. The zero-order valence-corrected chi connectivity index (χ0v) is 21.8. The quantitative estimate of drug-likeness (QED) is 0.426.